The lowest BCUT2D eigenvalue weighted by Gasteiger charge is -2.09. The Balaban J connectivity index is 1.94. The highest BCUT2D eigenvalue weighted by molar-refractivity contribution is 5.92. The molecule has 2 aromatic carbocycles. The number of pyridine rings is 1. The van der Waals surface area contributed by atoms with Crippen molar-refractivity contribution in [2.45, 2.75) is 6.92 Å². The highest BCUT2D eigenvalue weighted by Crippen LogP contribution is 2.24. The van der Waals surface area contributed by atoms with Crippen molar-refractivity contribution in [3.8, 4) is 0 Å². The average Bonchev–Trinajstić information content (AvgIpc) is 2.54. The molecule has 1 aromatic heterocycles. The molecule has 0 radical (unpaired) electrons. The molecule has 0 saturated heterocycles. The smallest absolute Gasteiger partial charge is 0.337 e. The van der Waals surface area contributed by atoms with Crippen LogP contribution in [-0.2, 0) is 4.74 Å². The Morgan fingerprint density at radius 3 is 2.55 bits per heavy atom. The number of para-hydroxylation sites is 1. The molecule has 0 fully saturated rings. The average molecular weight is 293 g/mol. The lowest BCUT2D eigenvalue weighted by Crippen LogP contribution is -2.09. The Morgan fingerprint density at radius 1 is 1.09 bits per heavy atom. The summed E-state index contributed by atoms with van der Waals surface area (Å²) in [6.45, 7) is 2.03. The van der Waals surface area contributed by atoms with Crippen LogP contribution in [0.2, 0.25) is 0 Å². The molecule has 4 nitrogen and oxygen atoms in total. The molecule has 3 rings (SSSR count). The first-order valence-electron chi connectivity index (χ1n) is 7.04. The molecule has 0 spiro atoms. The molecule has 0 saturated carbocycles. The molecule has 2 N–H and O–H groups in total. The molecule has 0 bridgehead atoms. The van der Waals surface area contributed by atoms with Crippen LogP contribution in [0.1, 0.15) is 16.1 Å². The third-order valence-electron chi connectivity index (χ3n) is 3.49. The molecule has 0 unspecified atom stereocenters. The molecule has 3 aromatic rings. The third kappa shape index (κ3) is 2.76. The van der Waals surface area contributed by atoms with Gasteiger partial charge in [-0.2, -0.15) is 0 Å². The number of esters is 1. The molecule has 0 aliphatic rings. The van der Waals surface area contributed by atoms with Crippen molar-refractivity contribution in [3.63, 3.8) is 0 Å². The fraction of sp³-hybridized carbons (Fsp3) is 0.111. The number of ether oxygens (including phenoxy) is 1. The predicted octanol–water partition coefficient (Wildman–Crippen LogP) is 3.49. The third-order valence-corrected chi connectivity index (χ3v) is 3.49. The van der Waals surface area contributed by atoms with E-state index in [0.29, 0.717) is 5.56 Å². The van der Waals surface area contributed by atoms with Crippen LogP contribution in [0.5, 0.6) is 0 Å². The van der Waals surface area contributed by atoms with Gasteiger partial charge in [0.1, 0.15) is 0 Å². The Kier molecular flexibility index (Phi) is 3.74. The van der Waals surface area contributed by atoms with E-state index >= 15 is 0 Å². The monoisotopic (exact) mass is 293 g/mol. The predicted molar refractivity (Wildman–Crippen MR) is 86.3 cm³/mol. The Labute approximate surface area is 128 Å². The number of anilines is 2. The summed E-state index contributed by atoms with van der Waals surface area (Å²) in [5.41, 5.74) is 4.64. The summed E-state index contributed by atoms with van der Waals surface area (Å²) in [5, 5.41) is 4.52. The first kappa shape index (κ1) is 14.1. The van der Waals surface area contributed by atoms with E-state index in [-0.39, 0.29) is 5.97 Å². The van der Waals surface area contributed by atoms with Crippen LogP contribution in [0, 0.1) is 6.92 Å². The number of hydrogen-bond acceptors (Lipinski definition) is 3. The van der Waals surface area contributed by atoms with Gasteiger partial charge in [0, 0.05) is 24.7 Å². The van der Waals surface area contributed by atoms with Crippen LogP contribution in [0.25, 0.3) is 10.9 Å². The van der Waals surface area contributed by atoms with Gasteiger partial charge in [0.25, 0.3) is 0 Å². The van der Waals surface area contributed by atoms with Gasteiger partial charge in [0.2, 0.25) is 5.52 Å². The zero-order chi connectivity index (χ0) is 15.5. The standard InChI is InChI=1S/C18H16N2O2/c1-12-11-17(15-5-3-4-6-16(15)19-12)20-14-9-7-13(8-10-14)18(21)22-2/h3-11H,1-2H3,(H,19,20)/p+1. The zero-order valence-electron chi connectivity index (χ0n) is 12.5. The number of hydrogen-bond donors (Lipinski definition) is 1. The van der Waals surface area contributed by atoms with Crippen LogP contribution < -0.4 is 10.3 Å². The molecule has 0 amide bonds. The number of aromatic nitrogens is 1. The highest BCUT2D eigenvalue weighted by atomic mass is 16.5. The number of nitrogens with one attached hydrogen (secondary N) is 2. The van der Waals surface area contributed by atoms with Gasteiger partial charge in [0.05, 0.1) is 23.7 Å². The molecule has 110 valence electrons. The number of rotatable bonds is 3. The number of carbonyl (C=O) groups excluding carboxylic acids is 1. The number of aryl methyl sites for hydroxylation is 1. The van der Waals surface area contributed by atoms with E-state index in [0.717, 1.165) is 28.0 Å². The van der Waals surface area contributed by atoms with Gasteiger partial charge in [-0.3, -0.25) is 0 Å². The summed E-state index contributed by atoms with van der Waals surface area (Å²) >= 11 is 0. The molecule has 0 aliphatic carbocycles. The SMILES string of the molecule is COC(=O)c1ccc(Nc2cc(C)[nH+]c3ccccc23)cc1. The van der Waals surface area contributed by atoms with Gasteiger partial charge >= 0.3 is 5.97 Å². The molecule has 0 aliphatic heterocycles. The second kappa shape index (κ2) is 5.85. The fourth-order valence-corrected chi connectivity index (χ4v) is 2.44. The number of H-pyrrole nitrogens is 1. The summed E-state index contributed by atoms with van der Waals surface area (Å²) in [4.78, 5) is 14.8. The van der Waals surface area contributed by atoms with Crippen LogP contribution in [0.15, 0.2) is 54.6 Å². The van der Waals surface area contributed by atoms with Gasteiger partial charge in [-0.05, 0) is 30.3 Å². The molecule has 0 atom stereocenters. The van der Waals surface area contributed by atoms with Crippen molar-refractivity contribution < 1.29 is 14.5 Å². The van der Waals surface area contributed by atoms with Crippen molar-refractivity contribution in [1.29, 1.82) is 0 Å². The van der Waals surface area contributed by atoms with Crippen molar-refractivity contribution in [2.75, 3.05) is 12.4 Å². The normalized spacial score (nSPS) is 10.5. The van der Waals surface area contributed by atoms with Crippen LogP contribution in [0.4, 0.5) is 11.4 Å². The second-order valence-corrected chi connectivity index (χ2v) is 5.11. The molecule has 1 heterocycles. The van der Waals surface area contributed by atoms with E-state index in [4.69, 9.17) is 4.74 Å². The molecule has 22 heavy (non-hydrogen) atoms. The molecular weight excluding hydrogens is 276 g/mol. The van der Waals surface area contributed by atoms with Crippen molar-refractivity contribution in [2.24, 2.45) is 0 Å². The van der Waals surface area contributed by atoms with Crippen LogP contribution in [0.3, 0.4) is 0 Å². The molecular formula is C18H17N2O2+. The molecule has 4 heteroatoms. The van der Waals surface area contributed by atoms with Crippen LogP contribution in [-0.4, -0.2) is 13.1 Å². The van der Waals surface area contributed by atoms with Crippen molar-refractivity contribution in [1.82, 2.24) is 0 Å². The summed E-state index contributed by atoms with van der Waals surface area (Å²) < 4.78 is 4.70. The number of benzene rings is 2. The van der Waals surface area contributed by atoms with Gasteiger partial charge in [-0.15, -0.1) is 0 Å². The second-order valence-electron chi connectivity index (χ2n) is 5.11. The van der Waals surface area contributed by atoms with Gasteiger partial charge in [-0.1, -0.05) is 12.1 Å². The fourth-order valence-electron chi connectivity index (χ4n) is 2.44. The maximum absolute atomic E-state index is 11.5. The largest absolute Gasteiger partial charge is 0.465 e. The summed E-state index contributed by atoms with van der Waals surface area (Å²) in [7, 11) is 1.38. The Morgan fingerprint density at radius 2 is 1.82 bits per heavy atom. The van der Waals surface area contributed by atoms with E-state index in [9.17, 15) is 4.79 Å². The lowest BCUT2D eigenvalue weighted by molar-refractivity contribution is -0.354. The number of methoxy groups -OCH3 is 1. The van der Waals surface area contributed by atoms with Crippen molar-refractivity contribution in [3.05, 3.63) is 65.9 Å². The Hall–Kier alpha value is -2.88. The lowest BCUT2D eigenvalue weighted by atomic mass is 10.1. The zero-order valence-corrected chi connectivity index (χ0v) is 12.5. The van der Waals surface area contributed by atoms with Gasteiger partial charge < -0.3 is 10.1 Å². The van der Waals surface area contributed by atoms with E-state index in [1.807, 2.05) is 37.3 Å². The maximum Gasteiger partial charge on any atom is 0.337 e. The van der Waals surface area contributed by atoms with E-state index in [2.05, 4.69) is 22.4 Å². The minimum absolute atomic E-state index is 0.331. The number of aromatic amines is 1. The topological polar surface area (TPSA) is 52.5 Å². The van der Waals surface area contributed by atoms with Crippen molar-refractivity contribution >= 4 is 28.2 Å². The summed E-state index contributed by atoms with van der Waals surface area (Å²) in [6.07, 6.45) is 0. The first-order chi connectivity index (χ1) is 10.7. The van der Waals surface area contributed by atoms with Gasteiger partial charge in [-0.25, -0.2) is 9.78 Å². The maximum atomic E-state index is 11.5. The van der Waals surface area contributed by atoms with E-state index in [1.54, 1.807) is 12.1 Å². The number of carbonyl (C=O) groups is 1. The number of fused-ring (bicyclic) bond motifs is 1. The minimum Gasteiger partial charge on any atom is -0.465 e. The highest BCUT2D eigenvalue weighted by Gasteiger charge is 2.09. The summed E-state index contributed by atoms with van der Waals surface area (Å²) in [6, 6.07) is 17.4. The summed E-state index contributed by atoms with van der Waals surface area (Å²) in [5.74, 6) is -0.331. The quantitative estimate of drug-likeness (QED) is 0.752. The Bertz CT molecular complexity index is 826. The van der Waals surface area contributed by atoms with Crippen LogP contribution >= 0.6 is 0 Å². The van der Waals surface area contributed by atoms with E-state index < -0.39 is 0 Å². The first-order valence-corrected chi connectivity index (χ1v) is 7.04. The van der Waals surface area contributed by atoms with Gasteiger partial charge in [0.15, 0.2) is 5.69 Å². The minimum atomic E-state index is -0.331. The van der Waals surface area contributed by atoms with E-state index in [1.165, 1.54) is 7.11 Å².